The number of nitrogens with zero attached hydrogens (tertiary/aromatic N) is 2. The Balaban J connectivity index is 0.784. The summed E-state index contributed by atoms with van der Waals surface area (Å²) in [5, 5.41) is 18.9. The topological polar surface area (TPSA) is 183 Å². The van der Waals surface area contributed by atoms with Crippen LogP contribution in [0, 0.1) is 6.92 Å². The van der Waals surface area contributed by atoms with E-state index in [0.29, 0.717) is 54.8 Å². The molecule has 59 heavy (non-hydrogen) atoms. The number of unbranched alkanes of at least 4 members (excludes halogenated alkanes) is 5. The predicted octanol–water partition coefficient (Wildman–Crippen LogP) is 7.26. The lowest BCUT2D eigenvalue weighted by atomic mass is 9.92. The number of hydrogen-bond donors (Lipinski definition) is 6. The number of thioether (sulfide) groups is 1. The van der Waals surface area contributed by atoms with Gasteiger partial charge in [-0.1, -0.05) is 67.0 Å². The van der Waals surface area contributed by atoms with Gasteiger partial charge in [0.05, 0.1) is 39.6 Å². The number of nitrogens with one attached hydrogen (secondary N) is 6. The van der Waals surface area contributed by atoms with Crippen LogP contribution in [0.25, 0.3) is 21.3 Å². The molecule has 314 valence electrons. The Labute approximate surface area is 354 Å². The van der Waals surface area contributed by atoms with E-state index >= 15 is 0 Å². The molecule has 0 radical (unpaired) electrons. The normalized spacial score (nSPS) is 18.2. The lowest BCUT2D eigenvalue weighted by Crippen LogP contribution is -2.47. The van der Waals surface area contributed by atoms with E-state index in [9.17, 15) is 24.0 Å². The number of urea groups is 1. The van der Waals surface area contributed by atoms with E-state index in [0.717, 1.165) is 89.7 Å². The molecule has 2 aliphatic heterocycles. The van der Waals surface area contributed by atoms with Gasteiger partial charge in [-0.15, -0.1) is 0 Å². The van der Waals surface area contributed by atoms with Gasteiger partial charge < -0.3 is 31.9 Å². The van der Waals surface area contributed by atoms with Crippen LogP contribution in [0.4, 0.5) is 15.6 Å². The number of pyridine rings is 1. The minimum atomic E-state index is -0.163. The fourth-order valence-electron chi connectivity index (χ4n) is 7.50. The SMILES string of the molecule is Cc1ncc(-c2ccc3nc(NC(=O)CCCCCNC(=O)CCCCCNC(=O)CCCC[C@@H]4SC[C@]5(C)NC(=O)N[C@H]45)sc3c2)cc1NC(=O)Cc1ccccc1. The second-order valence-corrected chi connectivity index (χ2v) is 18.0. The van der Waals surface area contributed by atoms with E-state index in [2.05, 4.69) is 48.8 Å². The Morgan fingerprint density at radius 3 is 2.22 bits per heavy atom. The molecular formula is C44H56N8O5S2. The lowest BCUT2D eigenvalue weighted by Gasteiger charge is -2.23. The number of thiazole rings is 1. The monoisotopic (exact) mass is 840 g/mol. The predicted molar refractivity (Wildman–Crippen MR) is 237 cm³/mol. The molecule has 2 saturated heterocycles. The van der Waals surface area contributed by atoms with Gasteiger partial charge in [0.2, 0.25) is 23.6 Å². The first-order valence-corrected chi connectivity index (χ1v) is 22.7. The highest BCUT2D eigenvalue weighted by atomic mass is 32.2. The van der Waals surface area contributed by atoms with Gasteiger partial charge in [-0.2, -0.15) is 11.8 Å². The third kappa shape index (κ3) is 13.0. The van der Waals surface area contributed by atoms with E-state index in [1.165, 1.54) is 11.3 Å². The van der Waals surface area contributed by atoms with Gasteiger partial charge in [0.15, 0.2) is 5.13 Å². The molecule has 4 heterocycles. The second-order valence-electron chi connectivity index (χ2n) is 15.7. The maximum atomic E-state index is 12.7. The van der Waals surface area contributed by atoms with Crippen molar-refractivity contribution >= 4 is 73.8 Å². The molecule has 0 spiro atoms. The van der Waals surface area contributed by atoms with E-state index in [1.807, 2.05) is 73.3 Å². The van der Waals surface area contributed by atoms with E-state index in [1.54, 1.807) is 6.20 Å². The van der Waals surface area contributed by atoms with Crippen LogP contribution in [-0.2, 0) is 25.6 Å². The van der Waals surface area contributed by atoms with Gasteiger partial charge in [0.1, 0.15) is 0 Å². The fraction of sp³-hybridized carbons (Fsp3) is 0.477. The first-order chi connectivity index (χ1) is 28.5. The van der Waals surface area contributed by atoms with Crippen LogP contribution in [0.5, 0.6) is 0 Å². The largest absolute Gasteiger partial charge is 0.356 e. The molecule has 0 unspecified atom stereocenters. The quantitative estimate of drug-likeness (QED) is 0.0353. The van der Waals surface area contributed by atoms with Crippen molar-refractivity contribution in [2.24, 2.45) is 0 Å². The number of hydrogen-bond acceptors (Lipinski definition) is 9. The van der Waals surface area contributed by atoms with Crippen LogP contribution in [-0.4, -0.2) is 75.3 Å². The highest BCUT2D eigenvalue weighted by molar-refractivity contribution is 8.00. The number of aryl methyl sites for hydroxylation is 1. The first-order valence-electron chi connectivity index (χ1n) is 20.8. The fourth-order valence-corrected chi connectivity index (χ4v) is 10.1. The van der Waals surface area contributed by atoms with Crippen LogP contribution in [0.15, 0.2) is 60.8 Å². The van der Waals surface area contributed by atoms with Crippen molar-refractivity contribution in [3.8, 4) is 11.1 Å². The first kappa shape index (κ1) is 43.6. The van der Waals surface area contributed by atoms with Gasteiger partial charge in [0, 0.05) is 55.1 Å². The van der Waals surface area contributed by atoms with Gasteiger partial charge >= 0.3 is 6.03 Å². The molecule has 2 aliphatic rings. The molecule has 2 aromatic heterocycles. The van der Waals surface area contributed by atoms with Gasteiger partial charge in [-0.25, -0.2) is 9.78 Å². The number of amides is 6. The molecule has 13 nitrogen and oxygen atoms in total. The van der Waals surface area contributed by atoms with Gasteiger partial charge in [0.25, 0.3) is 0 Å². The van der Waals surface area contributed by atoms with Crippen LogP contribution in [0.3, 0.4) is 0 Å². The number of rotatable bonds is 22. The summed E-state index contributed by atoms with van der Waals surface area (Å²) in [6.07, 6.45) is 11.0. The zero-order chi connectivity index (χ0) is 41.6. The van der Waals surface area contributed by atoms with Gasteiger partial charge in [-0.05, 0) is 81.7 Å². The summed E-state index contributed by atoms with van der Waals surface area (Å²) < 4.78 is 0.931. The smallest absolute Gasteiger partial charge is 0.315 e. The van der Waals surface area contributed by atoms with E-state index < -0.39 is 0 Å². The molecule has 0 aliphatic carbocycles. The van der Waals surface area contributed by atoms with Crippen LogP contribution < -0.4 is 31.9 Å². The van der Waals surface area contributed by atoms with Crippen molar-refractivity contribution in [2.75, 3.05) is 29.5 Å². The maximum Gasteiger partial charge on any atom is 0.315 e. The Morgan fingerprint density at radius 2 is 1.49 bits per heavy atom. The number of fused-ring (bicyclic) bond motifs is 2. The molecule has 0 saturated carbocycles. The van der Waals surface area contributed by atoms with Crippen molar-refractivity contribution in [3.05, 3.63) is 72.1 Å². The number of carbonyl (C=O) groups excluding carboxylic acids is 5. The molecule has 2 fully saturated rings. The van der Waals surface area contributed by atoms with Crippen molar-refractivity contribution in [1.29, 1.82) is 0 Å². The van der Waals surface area contributed by atoms with Crippen molar-refractivity contribution in [3.63, 3.8) is 0 Å². The standard InChI is InChI=1S/C44H56N8O5S2/c1-29-34(48-40(56)24-30-14-6-3-7-15-30)25-32(27-47-29)31-20-21-33-36(26-31)59-43(49-33)50-39(55)19-9-5-13-23-45-37(53)17-8-4-12-22-46-38(54)18-11-10-16-35-41-44(2,28-58-35)52-42(57)51-41/h3,6-7,14-15,20-21,25-27,35,41H,4-5,8-13,16-19,22-24,28H2,1-2H3,(H,45,53)(H,46,54)(H,48,56)(H,49,50,55)(H2,51,52,57)/t35-,41+,44-/m0/s1. The minimum absolute atomic E-state index is 0.0316. The Morgan fingerprint density at radius 1 is 0.797 bits per heavy atom. The highest BCUT2D eigenvalue weighted by Crippen LogP contribution is 2.39. The third-order valence-electron chi connectivity index (χ3n) is 10.8. The molecular weight excluding hydrogens is 785 g/mol. The van der Waals surface area contributed by atoms with E-state index in [4.69, 9.17) is 0 Å². The van der Waals surface area contributed by atoms with E-state index in [-0.39, 0.29) is 47.7 Å². The van der Waals surface area contributed by atoms with Gasteiger partial charge in [-0.3, -0.25) is 24.2 Å². The average molecular weight is 841 g/mol. The number of carbonyl (C=O) groups is 5. The van der Waals surface area contributed by atoms with Crippen molar-refractivity contribution in [2.45, 2.75) is 114 Å². The van der Waals surface area contributed by atoms with Crippen LogP contribution in [0.2, 0.25) is 0 Å². The summed E-state index contributed by atoms with van der Waals surface area (Å²) in [5.41, 5.74) is 4.77. The molecule has 15 heteroatoms. The molecule has 2 aromatic carbocycles. The summed E-state index contributed by atoms with van der Waals surface area (Å²) in [6.45, 7) is 5.17. The molecule has 4 aromatic rings. The summed E-state index contributed by atoms with van der Waals surface area (Å²) in [6, 6.07) is 17.5. The molecule has 6 N–H and O–H groups in total. The average Bonchev–Trinajstić information content (AvgIpc) is 3.85. The van der Waals surface area contributed by atoms with Crippen LogP contribution in [0.1, 0.15) is 95.2 Å². The lowest BCUT2D eigenvalue weighted by molar-refractivity contribution is -0.122. The van der Waals surface area contributed by atoms with Crippen LogP contribution >= 0.6 is 23.1 Å². The number of benzene rings is 2. The molecule has 6 rings (SSSR count). The third-order valence-corrected chi connectivity index (χ3v) is 13.5. The number of anilines is 2. The summed E-state index contributed by atoms with van der Waals surface area (Å²) >= 11 is 3.31. The zero-order valence-corrected chi connectivity index (χ0v) is 35.6. The summed E-state index contributed by atoms with van der Waals surface area (Å²) in [7, 11) is 0. The molecule has 6 amide bonds. The Hall–Kier alpha value is -5.02. The summed E-state index contributed by atoms with van der Waals surface area (Å²) in [4.78, 5) is 70.7. The highest BCUT2D eigenvalue weighted by Gasteiger charge is 2.51. The molecule has 3 atom stereocenters. The molecule has 0 bridgehead atoms. The minimum Gasteiger partial charge on any atom is -0.356 e. The second kappa shape index (κ2) is 21.3. The maximum absolute atomic E-state index is 12.7. The summed E-state index contributed by atoms with van der Waals surface area (Å²) in [5.74, 6) is 0.827. The Bertz CT molecular complexity index is 2100. The zero-order valence-electron chi connectivity index (χ0n) is 34.0. The van der Waals surface area contributed by atoms with Crippen molar-refractivity contribution < 1.29 is 24.0 Å². The number of aromatic nitrogens is 2. The van der Waals surface area contributed by atoms with Crippen molar-refractivity contribution in [1.82, 2.24) is 31.2 Å². The Kier molecular flexibility index (Phi) is 15.7.